The predicted molar refractivity (Wildman–Crippen MR) is 76.3 cm³/mol. The molecule has 5 heteroatoms. The summed E-state index contributed by atoms with van der Waals surface area (Å²) in [6.45, 7) is 3.92. The van der Waals surface area contributed by atoms with Crippen molar-refractivity contribution in [1.82, 2.24) is 4.90 Å². The molecule has 0 aromatic heterocycles. The van der Waals surface area contributed by atoms with Crippen LogP contribution in [0, 0.1) is 5.41 Å². The van der Waals surface area contributed by atoms with Gasteiger partial charge >= 0.3 is 5.97 Å². The predicted octanol–water partition coefficient (Wildman–Crippen LogP) is 2.03. The highest BCUT2D eigenvalue weighted by Crippen LogP contribution is 2.29. The van der Waals surface area contributed by atoms with E-state index in [2.05, 4.69) is 0 Å². The highest BCUT2D eigenvalue weighted by atomic mass is 16.4. The number of hydrogen-bond acceptors (Lipinski definition) is 3. The summed E-state index contributed by atoms with van der Waals surface area (Å²) in [6, 6.07) is 0.212. The van der Waals surface area contributed by atoms with Crippen molar-refractivity contribution in [3.05, 3.63) is 0 Å². The van der Waals surface area contributed by atoms with Crippen LogP contribution >= 0.6 is 0 Å². The second kappa shape index (κ2) is 7.62. The summed E-state index contributed by atoms with van der Waals surface area (Å²) in [5, 5.41) is 18.1. The van der Waals surface area contributed by atoms with Gasteiger partial charge in [-0.25, -0.2) is 0 Å². The second-order valence-corrected chi connectivity index (χ2v) is 6.51. The molecule has 0 aliphatic heterocycles. The first-order valence-corrected chi connectivity index (χ1v) is 7.48. The summed E-state index contributed by atoms with van der Waals surface area (Å²) in [4.78, 5) is 25.0. The quantitative estimate of drug-likeness (QED) is 0.750. The molecule has 1 fully saturated rings. The number of aliphatic hydroxyl groups is 1. The average molecular weight is 285 g/mol. The minimum Gasteiger partial charge on any atom is -0.481 e. The third kappa shape index (κ3) is 5.49. The summed E-state index contributed by atoms with van der Waals surface area (Å²) in [7, 11) is 0. The molecule has 0 radical (unpaired) electrons. The fourth-order valence-corrected chi connectivity index (χ4v) is 2.99. The fourth-order valence-electron chi connectivity index (χ4n) is 2.99. The van der Waals surface area contributed by atoms with Crippen LogP contribution in [0.25, 0.3) is 0 Å². The summed E-state index contributed by atoms with van der Waals surface area (Å²) in [6.07, 6.45) is 5.64. The van der Waals surface area contributed by atoms with Crippen molar-refractivity contribution < 1.29 is 19.8 Å². The van der Waals surface area contributed by atoms with Crippen LogP contribution in [0.1, 0.15) is 58.8 Å². The first-order chi connectivity index (χ1) is 9.35. The molecule has 0 bridgehead atoms. The molecule has 0 spiro atoms. The van der Waals surface area contributed by atoms with Crippen molar-refractivity contribution in [2.75, 3.05) is 13.2 Å². The number of rotatable bonds is 7. The Labute approximate surface area is 121 Å². The lowest BCUT2D eigenvalue weighted by atomic mass is 9.84. The van der Waals surface area contributed by atoms with Gasteiger partial charge < -0.3 is 15.1 Å². The minimum atomic E-state index is -0.880. The molecule has 0 atom stereocenters. The molecule has 5 nitrogen and oxygen atoms in total. The maximum absolute atomic E-state index is 12.5. The topological polar surface area (TPSA) is 77.8 Å². The third-order valence-electron chi connectivity index (χ3n) is 3.94. The minimum absolute atomic E-state index is 0.0175. The molecular weight excluding hydrogens is 258 g/mol. The molecule has 2 N–H and O–H groups in total. The van der Waals surface area contributed by atoms with Gasteiger partial charge in [0.05, 0.1) is 13.0 Å². The van der Waals surface area contributed by atoms with Crippen LogP contribution in [0.5, 0.6) is 0 Å². The van der Waals surface area contributed by atoms with Gasteiger partial charge in [-0.1, -0.05) is 33.1 Å². The normalized spacial score (nSPS) is 16.9. The van der Waals surface area contributed by atoms with E-state index >= 15 is 0 Å². The van der Waals surface area contributed by atoms with Crippen LogP contribution in [-0.2, 0) is 9.59 Å². The number of carbonyl (C=O) groups is 2. The Hall–Kier alpha value is -1.10. The first-order valence-electron chi connectivity index (χ1n) is 7.48. The van der Waals surface area contributed by atoms with E-state index in [9.17, 15) is 14.7 Å². The fraction of sp³-hybridized carbons (Fsp3) is 0.867. The summed E-state index contributed by atoms with van der Waals surface area (Å²) in [5.41, 5.74) is -0.550. The van der Waals surface area contributed by atoms with Crippen LogP contribution < -0.4 is 0 Å². The summed E-state index contributed by atoms with van der Waals surface area (Å²) >= 11 is 0. The number of carboxylic acid groups (broad SMARTS) is 1. The van der Waals surface area contributed by atoms with Gasteiger partial charge in [-0.3, -0.25) is 9.59 Å². The summed E-state index contributed by atoms with van der Waals surface area (Å²) < 4.78 is 0. The smallest absolute Gasteiger partial charge is 0.303 e. The standard InChI is InChI=1S/C15H27NO4/c1-15(2,11-14(19)20)10-13(18)16(8-9-17)12-6-4-3-5-7-12/h12,17H,3-11H2,1-2H3,(H,19,20). The van der Waals surface area contributed by atoms with Crippen LogP contribution in [0.3, 0.4) is 0 Å². The zero-order valence-corrected chi connectivity index (χ0v) is 12.6. The van der Waals surface area contributed by atoms with E-state index in [1.54, 1.807) is 18.7 Å². The maximum Gasteiger partial charge on any atom is 0.303 e. The monoisotopic (exact) mass is 285 g/mol. The van der Waals surface area contributed by atoms with E-state index in [4.69, 9.17) is 5.11 Å². The van der Waals surface area contributed by atoms with Crippen molar-refractivity contribution in [3.63, 3.8) is 0 Å². The molecule has 20 heavy (non-hydrogen) atoms. The van der Waals surface area contributed by atoms with E-state index in [1.807, 2.05) is 0 Å². The van der Waals surface area contributed by atoms with Crippen molar-refractivity contribution in [2.24, 2.45) is 5.41 Å². The number of amides is 1. The van der Waals surface area contributed by atoms with Crippen molar-refractivity contribution in [2.45, 2.75) is 64.8 Å². The van der Waals surface area contributed by atoms with Crippen molar-refractivity contribution >= 4 is 11.9 Å². The Kier molecular flexibility index (Phi) is 6.46. The van der Waals surface area contributed by atoms with E-state index < -0.39 is 11.4 Å². The molecule has 1 amide bonds. The van der Waals surface area contributed by atoms with Crippen molar-refractivity contribution in [3.8, 4) is 0 Å². The van der Waals surface area contributed by atoms with Gasteiger partial charge in [0.1, 0.15) is 0 Å². The highest BCUT2D eigenvalue weighted by Gasteiger charge is 2.31. The zero-order chi connectivity index (χ0) is 15.2. The van der Waals surface area contributed by atoms with E-state index in [0.29, 0.717) is 6.54 Å². The van der Waals surface area contributed by atoms with Crippen LogP contribution in [0.4, 0.5) is 0 Å². The van der Waals surface area contributed by atoms with Gasteiger partial charge in [-0.2, -0.15) is 0 Å². The Bertz CT molecular complexity index is 335. The number of aliphatic hydroxyl groups excluding tert-OH is 1. The lowest BCUT2D eigenvalue weighted by molar-refractivity contribution is -0.141. The number of aliphatic carboxylic acids is 1. The Morgan fingerprint density at radius 3 is 2.25 bits per heavy atom. The van der Waals surface area contributed by atoms with E-state index in [1.165, 1.54) is 6.42 Å². The third-order valence-corrected chi connectivity index (χ3v) is 3.94. The lowest BCUT2D eigenvalue weighted by Crippen LogP contribution is -2.44. The number of carbonyl (C=O) groups excluding carboxylic acids is 1. The summed E-state index contributed by atoms with van der Waals surface area (Å²) in [5.74, 6) is -0.911. The van der Waals surface area contributed by atoms with Crippen LogP contribution in [0.15, 0.2) is 0 Å². The lowest BCUT2D eigenvalue weighted by Gasteiger charge is -2.36. The Balaban J connectivity index is 2.65. The van der Waals surface area contributed by atoms with Gasteiger partial charge in [0.2, 0.25) is 5.91 Å². The largest absolute Gasteiger partial charge is 0.481 e. The number of hydrogen-bond donors (Lipinski definition) is 2. The van der Waals surface area contributed by atoms with E-state index in [0.717, 1.165) is 25.7 Å². The molecular formula is C15H27NO4. The molecule has 0 saturated heterocycles. The molecule has 1 aliphatic carbocycles. The van der Waals surface area contributed by atoms with Gasteiger partial charge in [0, 0.05) is 19.0 Å². The van der Waals surface area contributed by atoms with Crippen LogP contribution in [-0.4, -0.2) is 46.2 Å². The van der Waals surface area contributed by atoms with Crippen LogP contribution in [0.2, 0.25) is 0 Å². The molecule has 0 heterocycles. The van der Waals surface area contributed by atoms with Gasteiger partial charge in [-0.15, -0.1) is 0 Å². The maximum atomic E-state index is 12.5. The molecule has 1 aliphatic rings. The molecule has 0 aromatic rings. The molecule has 1 rings (SSSR count). The Morgan fingerprint density at radius 1 is 1.15 bits per heavy atom. The second-order valence-electron chi connectivity index (χ2n) is 6.51. The first kappa shape index (κ1) is 17.0. The number of nitrogens with zero attached hydrogens (tertiary/aromatic N) is 1. The highest BCUT2D eigenvalue weighted by molar-refractivity contribution is 5.78. The molecule has 0 unspecified atom stereocenters. The van der Waals surface area contributed by atoms with Gasteiger partial charge in [0.15, 0.2) is 0 Å². The van der Waals surface area contributed by atoms with E-state index in [-0.39, 0.29) is 31.4 Å². The number of carboxylic acids is 1. The SMILES string of the molecule is CC(C)(CC(=O)O)CC(=O)N(CCO)C1CCCCC1. The zero-order valence-electron chi connectivity index (χ0n) is 12.6. The van der Waals surface area contributed by atoms with Gasteiger partial charge in [0.25, 0.3) is 0 Å². The molecule has 0 aromatic carbocycles. The van der Waals surface area contributed by atoms with Crippen molar-refractivity contribution in [1.29, 1.82) is 0 Å². The Morgan fingerprint density at radius 2 is 1.75 bits per heavy atom. The van der Waals surface area contributed by atoms with Gasteiger partial charge in [-0.05, 0) is 18.3 Å². The molecule has 116 valence electrons. The molecule has 1 saturated carbocycles. The average Bonchev–Trinajstić information content (AvgIpc) is 2.34.